The molecule has 0 saturated heterocycles. The molecule has 0 saturated carbocycles. The van der Waals surface area contributed by atoms with Crippen LogP contribution in [0.2, 0.25) is 0 Å². The summed E-state index contributed by atoms with van der Waals surface area (Å²) >= 11 is 0. The maximum Gasteiger partial charge on any atom is 0.184 e. The van der Waals surface area contributed by atoms with Crippen LogP contribution in [-0.4, -0.2) is 15.6 Å². The van der Waals surface area contributed by atoms with E-state index in [-0.39, 0.29) is 16.5 Å². The van der Waals surface area contributed by atoms with E-state index in [9.17, 15) is 0 Å². The number of aromatic nitrogens is 2. The van der Waals surface area contributed by atoms with Crippen molar-refractivity contribution in [3.63, 3.8) is 0 Å². The number of rotatable bonds is 4. The molecule has 3 rings (SSSR count). The van der Waals surface area contributed by atoms with E-state index in [1.807, 2.05) is 36.7 Å². The average Bonchev–Trinajstić information content (AvgIpc) is 2.57. The largest absolute Gasteiger partial charge is 0.488 e. The van der Waals surface area contributed by atoms with Crippen molar-refractivity contribution in [2.45, 2.75) is 41.1 Å². The summed E-state index contributed by atoms with van der Waals surface area (Å²) in [6, 6.07) is 16.5. The maximum absolute atomic E-state index is 5.93. The molecular formula is C20H21N2OS+. The molecule has 2 heterocycles. The van der Waals surface area contributed by atoms with Gasteiger partial charge in [-0.05, 0) is 69.3 Å². The first kappa shape index (κ1) is 16.5. The first-order chi connectivity index (χ1) is 11.5. The molecule has 0 unspecified atom stereocenters. The molecule has 24 heavy (non-hydrogen) atoms. The molecule has 3 aromatic rings. The van der Waals surface area contributed by atoms with Crippen LogP contribution < -0.4 is 4.74 Å². The van der Waals surface area contributed by atoms with E-state index in [1.54, 1.807) is 12.4 Å². The predicted molar refractivity (Wildman–Crippen MR) is 97.5 cm³/mol. The highest BCUT2D eigenvalue weighted by Crippen LogP contribution is 2.31. The molecule has 0 atom stereocenters. The lowest BCUT2D eigenvalue weighted by Crippen LogP contribution is -2.22. The van der Waals surface area contributed by atoms with Crippen molar-refractivity contribution in [2.75, 3.05) is 0 Å². The molecule has 1 aromatic carbocycles. The molecule has 0 bridgehead atoms. The zero-order valence-electron chi connectivity index (χ0n) is 14.1. The fraction of sp³-hybridized carbons (Fsp3) is 0.200. The van der Waals surface area contributed by atoms with Crippen LogP contribution in [0.3, 0.4) is 0 Å². The molecule has 3 nitrogen and oxygen atoms in total. The molecule has 2 aromatic heterocycles. The summed E-state index contributed by atoms with van der Waals surface area (Å²) in [6.07, 6.45) is 7.45. The summed E-state index contributed by atoms with van der Waals surface area (Å²) in [7, 11) is -0.227. The molecule has 4 heteroatoms. The van der Waals surface area contributed by atoms with Gasteiger partial charge < -0.3 is 4.74 Å². The van der Waals surface area contributed by atoms with E-state index in [0.717, 1.165) is 5.75 Å². The Morgan fingerprint density at radius 3 is 1.71 bits per heavy atom. The van der Waals surface area contributed by atoms with Gasteiger partial charge in [-0.25, -0.2) is 0 Å². The number of hydrogen-bond acceptors (Lipinski definition) is 3. The normalized spacial score (nSPS) is 11.5. The monoisotopic (exact) mass is 337 g/mol. The standard InChI is InChI=1S/C20H21N2OS/c1-20(2,3)23-16-8-10-17(11-9-16)24(18-6-4-12-21-14-18)19-7-5-13-22-15-19/h4-15H,1-3H3/q+1. The fourth-order valence-corrected chi connectivity index (χ4v) is 4.33. The zero-order valence-corrected chi connectivity index (χ0v) is 15.0. The lowest BCUT2D eigenvalue weighted by molar-refractivity contribution is 0.131. The van der Waals surface area contributed by atoms with Crippen LogP contribution >= 0.6 is 0 Å². The number of benzene rings is 1. The molecule has 0 aliphatic rings. The minimum absolute atomic E-state index is 0.199. The van der Waals surface area contributed by atoms with Crippen LogP contribution in [0, 0.1) is 0 Å². The van der Waals surface area contributed by atoms with E-state index in [4.69, 9.17) is 4.74 Å². The Morgan fingerprint density at radius 2 is 1.29 bits per heavy atom. The molecule has 0 amide bonds. The smallest absolute Gasteiger partial charge is 0.184 e. The SMILES string of the molecule is CC(C)(C)Oc1ccc([S+](c2cccnc2)c2cccnc2)cc1. The van der Waals surface area contributed by atoms with Crippen molar-refractivity contribution in [1.29, 1.82) is 0 Å². The van der Waals surface area contributed by atoms with E-state index < -0.39 is 0 Å². The van der Waals surface area contributed by atoms with Crippen LogP contribution in [0.25, 0.3) is 0 Å². The summed E-state index contributed by atoms with van der Waals surface area (Å²) < 4.78 is 5.93. The lowest BCUT2D eigenvalue weighted by atomic mass is 10.2. The summed E-state index contributed by atoms with van der Waals surface area (Å²) in [6.45, 7) is 6.16. The molecule has 122 valence electrons. The van der Waals surface area contributed by atoms with Crippen LogP contribution in [0.15, 0.2) is 88.0 Å². The Labute approximate surface area is 146 Å². The second-order valence-electron chi connectivity index (χ2n) is 6.37. The Balaban J connectivity index is 1.98. The number of ether oxygens (including phenoxy) is 1. The van der Waals surface area contributed by atoms with Gasteiger partial charge in [0.05, 0.1) is 12.4 Å². The summed E-state index contributed by atoms with van der Waals surface area (Å²) in [5.41, 5.74) is -0.199. The first-order valence-electron chi connectivity index (χ1n) is 7.86. The van der Waals surface area contributed by atoms with Crippen molar-refractivity contribution in [1.82, 2.24) is 9.97 Å². The minimum atomic E-state index is -0.227. The Hall–Kier alpha value is -2.33. The quantitative estimate of drug-likeness (QED) is 0.645. The second-order valence-corrected chi connectivity index (χ2v) is 8.40. The summed E-state index contributed by atoms with van der Waals surface area (Å²) in [5, 5.41) is 0. The Morgan fingerprint density at radius 1 is 0.750 bits per heavy atom. The second kappa shape index (κ2) is 7.05. The topological polar surface area (TPSA) is 35.0 Å². The number of hydrogen-bond donors (Lipinski definition) is 0. The van der Waals surface area contributed by atoms with Crippen molar-refractivity contribution >= 4 is 10.9 Å². The Bertz CT molecular complexity index is 729. The van der Waals surface area contributed by atoms with Crippen molar-refractivity contribution in [3.05, 3.63) is 73.3 Å². The van der Waals surface area contributed by atoms with Gasteiger partial charge in [-0.1, -0.05) is 0 Å². The van der Waals surface area contributed by atoms with Gasteiger partial charge in [0.15, 0.2) is 14.7 Å². The fourth-order valence-electron chi connectivity index (χ4n) is 2.34. The first-order valence-corrected chi connectivity index (χ1v) is 9.09. The van der Waals surface area contributed by atoms with Crippen LogP contribution in [-0.2, 0) is 10.9 Å². The zero-order chi connectivity index (χ0) is 17.0. The summed E-state index contributed by atoms with van der Waals surface area (Å²) in [5.74, 6) is 0.882. The Kier molecular flexibility index (Phi) is 4.86. The van der Waals surface area contributed by atoms with Gasteiger partial charge in [0, 0.05) is 12.4 Å². The van der Waals surface area contributed by atoms with E-state index >= 15 is 0 Å². The molecule has 0 aliphatic heterocycles. The highest BCUT2D eigenvalue weighted by Gasteiger charge is 2.29. The maximum atomic E-state index is 5.93. The number of nitrogens with zero attached hydrogens (tertiary/aromatic N) is 2. The van der Waals surface area contributed by atoms with Crippen LogP contribution in [0.5, 0.6) is 5.75 Å². The van der Waals surface area contributed by atoms with Gasteiger partial charge in [0.2, 0.25) is 0 Å². The third kappa shape index (κ3) is 4.15. The van der Waals surface area contributed by atoms with Gasteiger partial charge in [-0.15, -0.1) is 0 Å². The molecule has 0 aliphatic carbocycles. The van der Waals surface area contributed by atoms with Crippen molar-refractivity contribution in [2.24, 2.45) is 0 Å². The third-order valence-electron chi connectivity index (χ3n) is 3.22. The molecule has 0 spiro atoms. The molecule has 0 fully saturated rings. The van der Waals surface area contributed by atoms with Crippen molar-refractivity contribution < 1.29 is 4.74 Å². The van der Waals surface area contributed by atoms with Gasteiger partial charge in [0.25, 0.3) is 0 Å². The molecule has 0 N–H and O–H groups in total. The number of pyridine rings is 2. The van der Waals surface area contributed by atoms with Gasteiger partial charge in [-0.2, -0.15) is 0 Å². The predicted octanol–water partition coefficient (Wildman–Crippen LogP) is 4.75. The van der Waals surface area contributed by atoms with Crippen LogP contribution in [0.4, 0.5) is 0 Å². The highest BCUT2D eigenvalue weighted by molar-refractivity contribution is 7.97. The van der Waals surface area contributed by atoms with Gasteiger partial charge >= 0.3 is 0 Å². The van der Waals surface area contributed by atoms with Crippen LogP contribution in [0.1, 0.15) is 20.8 Å². The molecule has 0 radical (unpaired) electrons. The van der Waals surface area contributed by atoms with E-state index in [2.05, 4.69) is 55.0 Å². The molecular weight excluding hydrogens is 316 g/mol. The lowest BCUT2D eigenvalue weighted by Gasteiger charge is -2.21. The highest BCUT2D eigenvalue weighted by atomic mass is 32.2. The minimum Gasteiger partial charge on any atom is -0.488 e. The van der Waals surface area contributed by atoms with Gasteiger partial charge in [0.1, 0.15) is 22.2 Å². The van der Waals surface area contributed by atoms with Crippen molar-refractivity contribution in [3.8, 4) is 5.75 Å². The van der Waals surface area contributed by atoms with E-state index in [1.165, 1.54) is 14.7 Å². The third-order valence-corrected chi connectivity index (χ3v) is 5.39. The van der Waals surface area contributed by atoms with Gasteiger partial charge in [-0.3, -0.25) is 9.97 Å². The average molecular weight is 337 g/mol. The van der Waals surface area contributed by atoms with E-state index in [0.29, 0.717) is 0 Å². The summed E-state index contributed by atoms with van der Waals surface area (Å²) in [4.78, 5) is 12.1.